The second kappa shape index (κ2) is 5.24. The van der Waals surface area contributed by atoms with E-state index in [-0.39, 0.29) is 0 Å². The third-order valence-electron chi connectivity index (χ3n) is 2.76. The predicted octanol–water partition coefficient (Wildman–Crippen LogP) is 3.24. The van der Waals surface area contributed by atoms with Gasteiger partial charge in [-0.25, -0.2) is 0 Å². The molecule has 1 rings (SSSR count). The number of aromatic nitrogens is 2. The van der Waals surface area contributed by atoms with Crippen molar-refractivity contribution in [3.8, 4) is 0 Å². The van der Waals surface area contributed by atoms with Crippen LogP contribution in [0.25, 0.3) is 0 Å². The van der Waals surface area contributed by atoms with Gasteiger partial charge < -0.3 is 0 Å². The van der Waals surface area contributed by atoms with Crippen molar-refractivity contribution in [2.45, 2.75) is 53.9 Å². The van der Waals surface area contributed by atoms with Crippen LogP contribution in [0.3, 0.4) is 0 Å². The molecule has 0 atom stereocenters. The molecule has 0 saturated heterocycles. The largest absolute Gasteiger partial charge is 0.254 e. The fourth-order valence-electron chi connectivity index (χ4n) is 1.60. The Labute approximate surface area is 93.2 Å². The zero-order chi connectivity index (χ0) is 11.4. The second-order valence-corrected chi connectivity index (χ2v) is 4.57. The van der Waals surface area contributed by atoms with Crippen molar-refractivity contribution in [3.05, 3.63) is 22.8 Å². The zero-order valence-corrected chi connectivity index (χ0v) is 10.6. The Balaban J connectivity index is 2.89. The molecule has 0 bridgehead atoms. The van der Waals surface area contributed by atoms with E-state index in [1.165, 1.54) is 17.8 Å². The summed E-state index contributed by atoms with van der Waals surface area (Å²) in [7, 11) is 0. The maximum absolute atomic E-state index is 4.65. The van der Waals surface area contributed by atoms with Crippen molar-refractivity contribution in [2.75, 3.05) is 0 Å². The molecule has 0 aliphatic rings. The molecule has 0 radical (unpaired) electrons. The number of hydrogen-bond acceptors (Lipinski definition) is 2. The van der Waals surface area contributed by atoms with Gasteiger partial charge in [-0.15, -0.1) is 0 Å². The standard InChI is InChI=1S/C13H22N2/c1-6-12-13(8-7-9(2)3)15-11(5)10(4)14-12/h9H,6-8H2,1-5H3. The molecule has 0 spiro atoms. The van der Waals surface area contributed by atoms with Crippen LogP contribution in [-0.4, -0.2) is 9.97 Å². The number of aryl methyl sites for hydroxylation is 4. The summed E-state index contributed by atoms with van der Waals surface area (Å²) in [5.41, 5.74) is 4.53. The molecule has 0 aliphatic carbocycles. The van der Waals surface area contributed by atoms with Crippen LogP contribution in [-0.2, 0) is 12.8 Å². The highest BCUT2D eigenvalue weighted by Crippen LogP contribution is 2.13. The molecule has 1 aromatic heterocycles. The van der Waals surface area contributed by atoms with Crippen molar-refractivity contribution in [1.29, 1.82) is 0 Å². The van der Waals surface area contributed by atoms with Crippen LogP contribution in [0.2, 0.25) is 0 Å². The Morgan fingerprint density at radius 2 is 1.53 bits per heavy atom. The summed E-state index contributed by atoms with van der Waals surface area (Å²) in [5, 5.41) is 0. The molecular weight excluding hydrogens is 184 g/mol. The van der Waals surface area contributed by atoms with Crippen LogP contribution in [0.5, 0.6) is 0 Å². The second-order valence-electron chi connectivity index (χ2n) is 4.57. The van der Waals surface area contributed by atoms with E-state index in [2.05, 4.69) is 30.7 Å². The van der Waals surface area contributed by atoms with Crippen molar-refractivity contribution in [3.63, 3.8) is 0 Å². The topological polar surface area (TPSA) is 25.8 Å². The van der Waals surface area contributed by atoms with E-state index in [1.807, 2.05) is 13.8 Å². The Kier molecular flexibility index (Phi) is 4.25. The van der Waals surface area contributed by atoms with E-state index in [0.717, 1.165) is 30.1 Å². The fraction of sp³-hybridized carbons (Fsp3) is 0.692. The van der Waals surface area contributed by atoms with Gasteiger partial charge in [-0.05, 0) is 39.0 Å². The molecular formula is C13H22N2. The molecule has 0 aromatic carbocycles. The maximum atomic E-state index is 4.65. The minimum atomic E-state index is 0.734. The predicted molar refractivity (Wildman–Crippen MR) is 64.0 cm³/mol. The zero-order valence-electron chi connectivity index (χ0n) is 10.6. The highest BCUT2D eigenvalue weighted by atomic mass is 14.8. The molecule has 0 fully saturated rings. The van der Waals surface area contributed by atoms with Gasteiger partial charge in [0.15, 0.2) is 0 Å². The van der Waals surface area contributed by atoms with E-state index in [4.69, 9.17) is 0 Å². The van der Waals surface area contributed by atoms with Crippen molar-refractivity contribution >= 4 is 0 Å². The van der Waals surface area contributed by atoms with Gasteiger partial charge in [0.1, 0.15) is 0 Å². The van der Waals surface area contributed by atoms with Gasteiger partial charge in [0, 0.05) is 0 Å². The number of nitrogens with zero attached hydrogens (tertiary/aromatic N) is 2. The van der Waals surface area contributed by atoms with E-state index in [0.29, 0.717) is 0 Å². The van der Waals surface area contributed by atoms with Gasteiger partial charge in [-0.1, -0.05) is 20.8 Å². The number of hydrogen-bond donors (Lipinski definition) is 0. The normalized spacial score (nSPS) is 11.1. The van der Waals surface area contributed by atoms with Gasteiger partial charge in [0.2, 0.25) is 0 Å². The SMILES string of the molecule is CCc1nc(C)c(C)nc1CCC(C)C. The summed E-state index contributed by atoms with van der Waals surface area (Å²) in [6.45, 7) is 10.7. The highest BCUT2D eigenvalue weighted by molar-refractivity contribution is 5.19. The first-order valence-corrected chi connectivity index (χ1v) is 5.87. The Morgan fingerprint density at radius 3 is 2.00 bits per heavy atom. The van der Waals surface area contributed by atoms with Crippen LogP contribution < -0.4 is 0 Å². The quantitative estimate of drug-likeness (QED) is 0.755. The summed E-state index contributed by atoms with van der Waals surface area (Å²) in [6.07, 6.45) is 3.25. The lowest BCUT2D eigenvalue weighted by Crippen LogP contribution is -2.06. The first kappa shape index (κ1) is 12.2. The summed E-state index contributed by atoms with van der Waals surface area (Å²) < 4.78 is 0. The lowest BCUT2D eigenvalue weighted by Gasteiger charge is -2.10. The lowest BCUT2D eigenvalue weighted by atomic mass is 10.0. The molecule has 0 saturated carbocycles. The fourth-order valence-corrected chi connectivity index (χ4v) is 1.60. The van der Waals surface area contributed by atoms with E-state index < -0.39 is 0 Å². The van der Waals surface area contributed by atoms with Crippen molar-refractivity contribution in [1.82, 2.24) is 9.97 Å². The van der Waals surface area contributed by atoms with Gasteiger partial charge in [-0.3, -0.25) is 9.97 Å². The summed E-state index contributed by atoms with van der Waals surface area (Å²) in [5.74, 6) is 0.734. The van der Waals surface area contributed by atoms with E-state index in [1.54, 1.807) is 0 Å². The van der Waals surface area contributed by atoms with Gasteiger partial charge in [-0.2, -0.15) is 0 Å². The van der Waals surface area contributed by atoms with Gasteiger partial charge in [0.05, 0.1) is 22.8 Å². The average Bonchev–Trinajstić information content (AvgIpc) is 2.19. The van der Waals surface area contributed by atoms with Crippen molar-refractivity contribution in [2.24, 2.45) is 5.92 Å². The van der Waals surface area contributed by atoms with Gasteiger partial charge in [0.25, 0.3) is 0 Å². The Bertz CT molecular complexity index is 330. The molecule has 0 amide bonds. The summed E-state index contributed by atoms with van der Waals surface area (Å²) in [6, 6.07) is 0. The van der Waals surface area contributed by atoms with Crippen molar-refractivity contribution < 1.29 is 0 Å². The first-order valence-electron chi connectivity index (χ1n) is 5.87. The molecule has 84 valence electrons. The lowest BCUT2D eigenvalue weighted by molar-refractivity contribution is 0.576. The number of rotatable bonds is 4. The first-order chi connectivity index (χ1) is 7.04. The highest BCUT2D eigenvalue weighted by Gasteiger charge is 2.08. The van der Waals surface area contributed by atoms with Crippen LogP contribution in [0, 0.1) is 19.8 Å². The molecule has 0 aliphatic heterocycles. The monoisotopic (exact) mass is 206 g/mol. The smallest absolute Gasteiger partial charge is 0.0622 e. The van der Waals surface area contributed by atoms with Crippen LogP contribution in [0.4, 0.5) is 0 Å². The summed E-state index contributed by atoms with van der Waals surface area (Å²) >= 11 is 0. The third kappa shape index (κ3) is 3.29. The molecule has 1 heterocycles. The van der Waals surface area contributed by atoms with Gasteiger partial charge >= 0.3 is 0 Å². The molecule has 2 nitrogen and oxygen atoms in total. The molecule has 0 unspecified atom stereocenters. The van der Waals surface area contributed by atoms with Crippen LogP contribution >= 0.6 is 0 Å². The van der Waals surface area contributed by atoms with E-state index >= 15 is 0 Å². The third-order valence-corrected chi connectivity index (χ3v) is 2.76. The van der Waals surface area contributed by atoms with Crippen LogP contribution in [0.1, 0.15) is 50.0 Å². The molecule has 0 N–H and O–H groups in total. The maximum Gasteiger partial charge on any atom is 0.0622 e. The minimum absolute atomic E-state index is 0.734. The van der Waals surface area contributed by atoms with E-state index in [9.17, 15) is 0 Å². The molecule has 15 heavy (non-hydrogen) atoms. The Morgan fingerprint density at radius 1 is 1.00 bits per heavy atom. The minimum Gasteiger partial charge on any atom is -0.254 e. The Hall–Kier alpha value is -0.920. The molecule has 2 heteroatoms. The van der Waals surface area contributed by atoms with Crippen LogP contribution in [0.15, 0.2) is 0 Å². The molecule has 1 aromatic rings. The summed E-state index contributed by atoms with van der Waals surface area (Å²) in [4.78, 5) is 9.26. The average molecular weight is 206 g/mol.